The van der Waals surface area contributed by atoms with Crippen LogP contribution in [0.3, 0.4) is 0 Å². The fraction of sp³-hybridized carbons (Fsp3) is 0.647. The third kappa shape index (κ3) is 3.81. The van der Waals surface area contributed by atoms with E-state index in [0.29, 0.717) is 5.92 Å². The molecule has 20 heavy (non-hydrogen) atoms. The molecule has 0 amide bonds. The number of nitrogens with two attached hydrogens (primary N) is 1. The molecule has 1 aromatic carbocycles. The van der Waals surface area contributed by atoms with Crippen LogP contribution >= 0.6 is 0 Å². The van der Waals surface area contributed by atoms with E-state index in [4.69, 9.17) is 10.5 Å². The molecule has 1 heterocycles. The second-order valence-electron chi connectivity index (χ2n) is 6.24. The van der Waals surface area contributed by atoms with E-state index in [1.165, 1.54) is 12.0 Å². The van der Waals surface area contributed by atoms with E-state index in [9.17, 15) is 0 Å². The fourth-order valence-electron chi connectivity index (χ4n) is 3.14. The first-order chi connectivity index (χ1) is 9.68. The molecule has 2 N–H and O–H groups in total. The number of benzene rings is 1. The first-order valence-corrected chi connectivity index (χ1v) is 7.66. The lowest BCUT2D eigenvalue weighted by Gasteiger charge is -2.38. The van der Waals surface area contributed by atoms with E-state index in [0.717, 1.165) is 39.1 Å². The highest BCUT2D eigenvalue weighted by Crippen LogP contribution is 2.28. The Kier molecular flexibility index (Phi) is 5.58. The van der Waals surface area contributed by atoms with Crippen molar-refractivity contribution in [2.24, 2.45) is 11.7 Å². The summed E-state index contributed by atoms with van der Waals surface area (Å²) in [6, 6.07) is 10.7. The SMILES string of the molecule is COCC1CCN(C(C)(CN)CCc2ccccc2)C1. The van der Waals surface area contributed by atoms with E-state index in [-0.39, 0.29) is 5.54 Å². The molecule has 0 aromatic heterocycles. The molecular formula is C17H28N2O. The lowest BCUT2D eigenvalue weighted by Crippen LogP contribution is -2.51. The van der Waals surface area contributed by atoms with Gasteiger partial charge >= 0.3 is 0 Å². The maximum atomic E-state index is 6.10. The van der Waals surface area contributed by atoms with Crippen LogP contribution in [0.25, 0.3) is 0 Å². The maximum absolute atomic E-state index is 6.10. The highest BCUT2D eigenvalue weighted by Gasteiger charge is 2.35. The zero-order valence-electron chi connectivity index (χ0n) is 12.8. The van der Waals surface area contributed by atoms with Crippen LogP contribution in [0.5, 0.6) is 0 Å². The smallest absolute Gasteiger partial charge is 0.0503 e. The lowest BCUT2D eigenvalue weighted by molar-refractivity contribution is 0.109. The van der Waals surface area contributed by atoms with Crippen molar-refractivity contribution in [1.82, 2.24) is 4.90 Å². The van der Waals surface area contributed by atoms with Gasteiger partial charge in [-0.15, -0.1) is 0 Å². The van der Waals surface area contributed by atoms with Crippen LogP contribution in [-0.4, -0.2) is 43.8 Å². The minimum Gasteiger partial charge on any atom is -0.384 e. The highest BCUT2D eigenvalue weighted by molar-refractivity contribution is 5.15. The second kappa shape index (κ2) is 7.21. The standard InChI is InChI=1S/C17H28N2O/c1-17(14-18,10-8-15-6-4-3-5-7-15)19-11-9-16(12-19)13-20-2/h3-7,16H,8-14,18H2,1-2H3. The van der Waals surface area contributed by atoms with Crippen molar-refractivity contribution in [3.63, 3.8) is 0 Å². The number of hydrogen-bond acceptors (Lipinski definition) is 3. The van der Waals surface area contributed by atoms with Crippen LogP contribution in [0.4, 0.5) is 0 Å². The van der Waals surface area contributed by atoms with E-state index >= 15 is 0 Å². The van der Waals surface area contributed by atoms with Crippen molar-refractivity contribution >= 4 is 0 Å². The summed E-state index contributed by atoms with van der Waals surface area (Å²) in [5, 5.41) is 0. The Balaban J connectivity index is 1.92. The van der Waals surface area contributed by atoms with Crippen molar-refractivity contribution < 1.29 is 4.74 Å². The van der Waals surface area contributed by atoms with Crippen LogP contribution in [0.1, 0.15) is 25.3 Å². The van der Waals surface area contributed by atoms with E-state index in [1.54, 1.807) is 7.11 Å². The molecule has 0 spiro atoms. The van der Waals surface area contributed by atoms with E-state index in [2.05, 4.69) is 42.2 Å². The number of nitrogens with zero attached hydrogens (tertiary/aromatic N) is 1. The van der Waals surface area contributed by atoms with Crippen LogP contribution in [0, 0.1) is 5.92 Å². The lowest BCUT2D eigenvalue weighted by atomic mass is 9.91. The zero-order valence-corrected chi connectivity index (χ0v) is 12.8. The number of ether oxygens (including phenoxy) is 1. The minimum absolute atomic E-state index is 0.109. The molecule has 3 nitrogen and oxygen atoms in total. The Bertz CT molecular complexity index is 395. The molecule has 2 atom stereocenters. The number of methoxy groups -OCH3 is 1. The number of hydrogen-bond donors (Lipinski definition) is 1. The molecule has 0 bridgehead atoms. The Morgan fingerprint density at radius 1 is 1.35 bits per heavy atom. The van der Waals surface area contributed by atoms with Gasteiger partial charge in [0.25, 0.3) is 0 Å². The molecule has 0 saturated carbocycles. The average Bonchev–Trinajstić information content (AvgIpc) is 2.96. The molecule has 1 aliphatic heterocycles. The van der Waals surface area contributed by atoms with Gasteiger partial charge < -0.3 is 10.5 Å². The number of rotatable bonds is 7. The summed E-state index contributed by atoms with van der Waals surface area (Å²) in [7, 11) is 1.79. The average molecular weight is 276 g/mol. The predicted molar refractivity (Wildman–Crippen MR) is 83.8 cm³/mol. The molecule has 0 aliphatic carbocycles. The molecular weight excluding hydrogens is 248 g/mol. The summed E-state index contributed by atoms with van der Waals surface area (Å²) in [5.74, 6) is 0.669. The predicted octanol–water partition coefficient (Wildman–Crippen LogP) is 2.30. The second-order valence-corrected chi connectivity index (χ2v) is 6.24. The Morgan fingerprint density at radius 3 is 2.75 bits per heavy atom. The monoisotopic (exact) mass is 276 g/mol. The van der Waals surface area contributed by atoms with Gasteiger partial charge in [-0.25, -0.2) is 0 Å². The topological polar surface area (TPSA) is 38.5 Å². The number of likely N-dealkylation sites (tertiary alicyclic amines) is 1. The maximum Gasteiger partial charge on any atom is 0.0503 e. The van der Waals surface area contributed by atoms with Crippen molar-refractivity contribution in [2.75, 3.05) is 33.4 Å². The van der Waals surface area contributed by atoms with Crippen LogP contribution in [-0.2, 0) is 11.2 Å². The van der Waals surface area contributed by atoms with Crippen LogP contribution in [0.2, 0.25) is 0 Å². The van der Waals surface area contributed by atoms with Gasteiger partial charge in [-0.1, -0.05) is 30.3 Å². The first kappa shape index (κ1) is 15.5. The van der Waals surface area contributed by atoms with Gasteiger partial charge in [0.2, 0.25) is 0 Å². The molecule has 1 aromatic rings. The van der Waals surface area contributed by atoms with Gasteiger partial charge in [-0.05, 0) is 44.2 Å². The molecule has 2 unspecified atom stereocenters. The molecule has 1 saturated heterocycles. The van der Waals surface area contributed by atoms with Crippen molar-refractivity contribution in [3.05, 3.63) is 35.9 Å². The van der Waals surface area contributed by atoms with Crippen molar-refractivity contribution in [3.8, 4) is 0 Å². The van der Waals surface area contributed by atoms with Gasteiger partial charge in [0.15, 0.2) is 0 Å². The summed E-state index contributed by atoms with van der Waals surface area (Å²) in [6.45, 7) is 6.17. The molecule has 1 fully saturated rings. The summed E-state index contributed by atoms with van der Waals surface area (Å²) < 4.78 is 5.29. The molecule has 0 radical (unpaired) electrons. The van der Waals surface area contributed by atoms with E-state index in [1.807, 2.05) is 0 Å². The Hall–Kier alpha value is -0.900. The summed E-state index contributed by atoms with van der Waals surface area (Å²) in [6.07, 6.45) is 3.45. The summed E-state index contributed by atoms with van der Waals surface area (Å²) >= 11 is 0. The van der Waals surface area contributed by atoms with Gasteiger partial charge in [0.1, 0.15) is 0 Å². The third-order valence-corrected chi connectivity index (χ3v) is 4.69. The van der Waals surface area contributed by atoms with Crippen molar-refractivity contribution in [1.29, 1.82) is 0 Å². The quantitative estimate of drug-likeness (QED) is 0.830. The first-order valence-electron chi connectivity index (χ1n) is 7.66. The van der Waals surface area contributed by atoms with Gasteiger partial charge in [0.05, 0.1) is 6.61 Å². The van der Waals surface area contributed by atoms with E-state index < -0.39 is 0 Å². The largest absolute Gasteiger partial charge is 0.384 e. The van der Waals surface area contributed by atoms with Crippen molar-refractivity contribution in [2.45, 2.75) is 31.7 Å². The molecule has 1 aliphatic rings. The molecule has 3 heteroatoms. The Labute approximate surface area is 123 Å². The van der Waals surface area contributed by atoms with Crippen LogP contribution in [0.15, 0.2) is 30.3 Å². The Morgan fingerprint density at radius 2 is 2.10 bits per heavy atom. The molecule has 112 valence electrons. The summed E-state index contributed by atoms with van der Waals surface area (Å²) in [5.41, 5.74) is 7.61. The van der Waals surface area contributed by atoms with Gasteiger partial charge in [-0.2, -0.15) is 0 Å². The zero-order chi connectivity index (χ0) is 14.4. The number of aryl methyl sites for hydroxylation is 1. The fourth-order valence-corrected chi connectivity index (χ4v) is 3.14. The van der Waals surface area contributed by atoms with Crippen LogP contribution < -0.4 is 5.73 Å². The normalized spacial score (nSPS) is 22.9. The minimum atomic E-state index is 0.109. The third-order valence-electron chi connectivity index (χ3n) is 4.69. The van der Waals surface area contributed by atoms with Gasteiger partial charge in [0, 0.05) is 25.7 Å². The van der Waals surface area contributed by atoms with Gasteiger partial charge in [-0.3, -0.25) is 4.90 Å². The summed E-state index contributed by atoms with van der Waals surface area (Å²) in [4.78, 5) is 2.57. The molecule has 2 rings (SSSR count). The highest BCUT2D eigenvalue weighted by atomic mass is 16.5.